The Kier molecular flexibility index (Phi) is 6.99. The van der Waals surface area contributed by atoms with Crippen LogP contribution >= 0.6 is 11.3 Å². The molecule has 0 spiro atoms. The summed E-state index contributed by atoms with van der Waals surface area (Å²) in [5.41, 5.74) is 7.03. The number of aryl methyl sites for hydroxylation is 1. The molecule has 3 N–H and O–H groups in total. The molecule has 1 unspecified atom stereocenters. The molecule has 1 atom stereocenters. The number of anilines is 1. The van der Waals surface area contributed by atoms with Crippen molar-refractivity contribution in [3.05, 3.63) is 75.7 Å². The molecule has 0 aliphatic rings. The lowest BCUT2D eigenvalue weighted by Gasteiger charge is -2.14. The largest absolute Gasteiger partial charge is 0.487 e. The number of esters is 1. The van der Waals surface area contributed by atoms with Crippen LogP contribution in [0.15, 0.2) is 53.9 Å². The maximum absolute atomic E-state index is 12.4. The second-order valence-electron chi connectivity index (χ2n) is 6.65. The summed E-state index contributed by atoms with van der Waals surface area (Å²) < 4.78 is 10.9. The van der Waals surface area contributed by atoms with Crippen LogP contribution in [0.1, 0.15) is 38.3 Å². The Labute approximate surface area is 183 Å². The fourth-order valence-corrected chi connectivity index (χ4v) is 3.19. The van der Waals surface area contributed by atoms with Crippen LogP contribution in [0.5, 0.6) is 5.75 Å². The van der Waals surface area contributed by atoms with Crippen LogP contribution in [0.4, 0.5) is 5.69 Å². The maximum atomic E-state index is 12.4. The van der Waals surface area contributed by atoms with E-state index in [1.807, 2.05) is 12.3 Å². The van der Waals surface area contributed by atoms with Gasteiger partial charge in [0.2, 0.25) is 5.91 Å². The molecule has 0 bridgehead atoms. The molecule has 160 valence electrons. The highest BCUT2D eigenvalue weighted by Gasteiger charge is 2.19. The number of hydrogen-bond donors (Lipinski definition) is 2. The smallest absolute Gasteiger partial charge is 0.339 e. The van der Waals surface area contributed by atoms with E-state index in [1.165, 1.54) is 42.5 Å². The Morgan fingerprint density at radius 2 is 1.87 bits per heavy atom. The topological polar surface area (TPSA) is 121 Å². The molecule has 3 rings (SSSR count). The first kappa shape index (κ1) is 22.0. The standard InChI is InChI=1S/C22H21N3O5S/c1-13(21(27)25-17-8-6-15(7-9-17)20(23)26)30-22(28)16-4-3-5-19(10-16)29-11-18-12-31-14(2)24-18/h3-10,12-13H,11H2,1-2H3,(H2,23,26)(H,25,27). The van der Waals surface area contributed by atoms with Gasteiger partial charge in [0.15, 0.2) is 6.10 Å². The van der Waals surface area contributed by atoms with Gasteiger partial charge in [-0.3, -0.25) is 9.59 Å². The Morgan fingerprint density at radius 3 is 2.52 bits per heavy atom. The third-order valence-electron chi connectivity index (χ3n) is 4.21. The van der Waals surface area contributed by atoms with Crippen LogP contribution in [0.3, 0.4) is 0 Å². The monoisotopic (exact) mass is 439 g/mol. The third kappa shape index (κ3) is 6.13. The Bertz CT molecular complexity index is 1090. The summed E-state index contributed by atoms with van der Waals surface area (Å²) >= 11 is 1.54. The van der Waals surface area contributed by atoms with E-state index in [-0.39, 0.29) is 12.2 Å². The predicted molar refractivity (Wildman–Crippen MR) is 116 cm³/mol. The average molecular weight is 439 g/mol. The van der Waals surface area contributed by atoms with Gasteiger partial charge in [-0.15, -0.1) is 11.3 Å². The normalized spacial score (nSPS) is 11.4. The van der Waals surface area contributed by atoms with Crippen molar-refractivity contribution in [2.45, 2.75) is 26.6 Å². The van der Waals surface area contributed by atoms with Crippen molar-refractivity contribution < 1.29 is 23.9 Å². The van der Waals surface area contributed by atoms with Gasteiger partial charge in [0.25, 0.3) is 5.91 Å². The van der Waals surface area contributed by atoms with Crippen molar-refractivity contribution in [1.82, 2.24) is 4.98 Å². The number of carbonyl (C=O) groups excluding carboxylic acids is 3. The molecule has 1 heterocycles. The summed E-state index contributed by atoms with van der Waals surface area (Å²) in [6.07, 6.45) is -1.04. The number of rotatable bonds is 8. The molecule has 0 saturated heterocycles. The van der Waals surface area contributed by atoms with E-state index in [2.05, 4.69) is 10.3 Å². The van der Waals surface area contributed by atoms with E-state index in [4.69, 9.17) is 15.2 Å². The Morgan fingerprint density at radius 1 is 1.13 bits per heavy atom. The molecule has 1 aromatic heterocycles. The molecule has 0 fully saturated rings. The molecule has 0 radical (unpaired) electrons. The minimum atomic E-state index is -1.04. The highest BCUT2D eigenvalue weighted by molar-refractivity contribution is 7.09. The summed E-state index contributed by atoms with van der Waals surface area (Å²) in [5.74, 6) is -1.23. The SMILES string of the molecule is Cc1nc(COc2cccc(C(=O)OC(C)C(=O)Nc3ccc(C(N)=O)cc3)c2)cs1. The molecule has 0 saturated carbocycles. The van der Waals surface area contributed by atoms with E-state index < -0.39 is 23.9 Å². The number of nitrogens with zero attached hydrogens (tertiary/aromatic N) is 1. The minimum Gasteiger partial charge on any atom is -0.487 e. The molecular weight excluding hydrogens is 418 g/mol. The van der Waals surface area contributed by atoms with Crippen molar-refractivity contribution in [3.8, 4) is 5.75 Å². The van der Waals surface area contributed by atoms with Gasteiger partial charge >= 0.3 is 5.97 Å². The average Bonchev–Trinajstić information content (AvgIpc) is 3.18. The molecule has 9 heteroatoms. The first-order valence-corrected chi connectivity index (χ1v) is 10.3. The van der Waals surface area contributed by atoms with Crippen LogP contribution < -0.4 is 15.8 Å². The first-order chi connectivity index (χ1) is 14.8. The quantitative estimate of drug-likeness (QED) is 0.520. The van der Waals surface area contributed by atoms with Crippen molar-refractivity contribution in [2.24, 2.45) is 5.73 Å². The number of aromatic nitrogens is 1. The minimum absolute atomic E-state index is 0.261. The number of carbonyl (C=O) groups is 3. The maximum Gasteiger partial charge on any atom is 0.339 e. The Balaban J connectivity index is 1.55. The summed E-state index contributed by atoms with van der Waals surface area (Å²) in [7, 11) is 0. The van der Waals surface area contributed by atoms with Crippen molar-refractivity contribution in [3.63, 3.8) is 0 Å². The van der Waals surface area contributed by atoms with Crippen LogP contribution in [-0.2, 0) is 16.1 Å². The summed E-state index contributed by atoms with van der Waals surface area (Å²) in [5, 5.41) is 5.48. The summed E-state index contributed by atoms with van der Waals surface area (Å²) in [4.78, 5) is 40.2. The van der Waals surface area contributed by atoms with Gasteiger partial charge in [0.1, 0.15) is 12.4 Å². The van der Waals surface area contributed by atoms with E-state index in [1.54, 1.807) is 24.3 Å². The Hall–Kier alpha value is -3.72. The number of primary amides is 1. The lowest BCUT2D eigenvalue weighted by Crippen LogP contribution is -2.30. The van der Waals surface area contributed by atoms with Crippen LogP contribution in [0.2, 0.25) is 0 Å². The fourth-order valence-electron chi connectivity index (χ4n) is 2.59. The third-order valence-corrected chi connectivity index (χ3v) is 5.04. The van der Waals surface area contributed by atoms with Gasteiger partial charge in [-0.25, -0.2) is 9.78 Å². The molecule has 2 aromatic carbocycles. The van der Waals surface area contributed by atoms with Gasteiger partial charge < -0.3 is 20.5 Å². The molecule has 2 amide bonds. The molecule has 8 nitrogen and oxygen atoms in total. The van der Waals surface area contributed by atoms with Crippen molar-refractivity contribution >= 4 is 34.8 Å². The van der Waals surface area contributed by atoms with Crippen LogP contribution in [0, 0.1) is 6.92 Å². The highest BCUT2D eigenvalue weighted by atomic mass is 32.1. The zero-order valence-electron chi connectivity index (χ0n) is 17.0. The number of nitrogens with one attached hydrogen (secondary N) is 1. The molecule has 31 heavy (non-hydrogen) atoms. The number of benzene rings is 2. The second kappa shape index (κ2) is 9.86. The van der Waals surface area contributed by atoms with E-state index >= 15 is 0 Å². The van der Waals surface area contributed by atoms with Gasteiger partial charge in [0.05, 0.1) is 16.3 Å². The van der Waals surface area contributed by atoms with Crippen LogP contribution in [-0.4, -0.2) is 28.9 Å². The lowest BCUT2D eigenvalue weighted by atomic mass is 10.2. The fraction of sp³-hybridized carbons (Fsp3) is 0.182. The number of amides is 2. The predicted octanol–water partition coefficient (Wildman–Crippen LogP) is 3.31. The zero-order valence-corrected chi connectivity index (χ0v) is 17.8. The number of thiazole rings is 1. The highest BCUT2D eigenvalue weighted by Crippen LogP contribution is 2.18. The van der Waals surface area contributed by atoms with Crippen LogP contribution in [0.25, 0.3) is 0 Å². The van der Waals surface area contributed by atoms with Gasteiger partial charge in [-0.2, -0.15) is 0 Å². The molecule has 0 aliphatic heterocycles. The van der Waals surface area contributed by atoms with E-state index in [9.17, 15) is 14.4 Å². The molecular formula is C22H21N3O5S. The van der Waals surface area contributed by atoms with E-state index in [0.717, 1.165) is 10.7 Å². The number of nitrogens with two attached hydrogens (primary N) is 1. The molecule has 3 aromatic rings. The van der Waals surface area contributed by atoms with Gasteiger partial charge in [-0.1, -0.05) is 6.07 Å². The second-order valence-corrected chi connectivity index (χ2v) is 7.71. The van der Waals surface area contributed by atoms with Crippen molar-refractivity contribution in [2.75, 3.05) is 5.32 Å². The number of hydrogen-bond acceptors (Lipinski definition) is 7. The number of ether oxygens (including phenoxy) is 2. The summed E-state index contributed by atoms with van der Waals surface area (Å²) in [6, 6.07) is 12.6. The first-order valence-electron chi connectivity index (χ1n) is 9.37. The molecule has 0 aliphatic carbocycles. The van der Waals surface area contributed by atoms with Gasteiger partial charge in [0, 0.05) is 16.6 Å². The zero-order chi connectivity index (χ0) is 22.4. The van der Waals surface area contributed by atoms with E-state index in [0.29, 0.717) is 17.0 Å². The lowest BCUT2D eigenvalue weighted by molar-refractivity contribution is -0.123. The summed E-state index contributed by atoms with van der Waals surface area (Å²) in [6.45, 7) is 3.67. The van der Waals surface area contributed by atoms with Gasteiger partial charge in [-0.05, 0) is 56.3 Å². The van der Waals surface area contributed by atoms with Crippen molar-refractivity contribution in [1.29, 1.82) is 0 Å².